The number of methoxy groups -OCH3 is 2. The van der Waals surface area contributed by atoms with Gasteiger partial charge in [0.1, 0.15) is 54.9 Å². The summed E-state index contributed by atoms with van der Waals surface area (Å²) in [7, 11) is 2.40. The molecule has 3 aromatic rings. The number of ether oxygens (including phenoxy) is 8. The first-order valence-electron chi connectivity index (χ1n) is 18.2. The summed E-state index contributed by atoms with van der Waals surface area (Å²) in [5.74, 6) is -4.90. The summed E-state index contributed by atoms with van der Waals surface area (Å²) < 4.78 is 48.8. The lowest BCUT2D eigenvalue weighted by atomic mass is 9.86. The van der Waals surface area contributed by atoms with Gasteiger partial charge in [0.15, 0.2) is 6.29 Å². The molecule has 16 nitrogen and oxygen atoms in total. The first-order chi connectivity index (χ1) is 27.0. The Labute approximate surface area is 324 Å². The zero-order chi connectivity index (χ0) is 40.2. The van der Waals surface area contributed by atoms with Crippen LogP contribution in [0.2, 0.25) is 0 Å². The molecule has 2 aliphatic rings. The highest BCUT2D eigenvalue weighted by Crippen LogP contribution is 2.37. The second-order valence-corrected chi connectivity index (χ2v) is 13.5. The largest absolute Gasteiger partial charge is 0.465 e. The standard InChI is InChI=1S/C40H51NO15/c1-24(43)41-30-32(46)37(47)40(39(48)50-3,56-34(30)31(45)28(44)19-42)54-23-29-33(51-20-25-13-7-4-8-14-25)35(52-21-26-15-9-5-10-16-26)36(38(49-2)55-29)53-22-27-17-11-6-12-18-27/h4-18,28-38,42,44-47H,19-23H2,1-3H3,(H,41,43)/t28-,29-,30-,31-,32-,33-,34-,35+,36-,37+,38+,40+/m1/s1. The molecular weight excluding hydrogens is 734 g/mol. The van der Waals surface area contributed by atoms with Crippen LogP contribution in [0.15, 0.2) is 91.0 Å². The quantitative estimate of drug-likeness (QED) is 0.0958. The minimum Gasteiger partial charge on any atom is -0.465 e. The molecule has 1 amide bonds. The summed E-state index contributed by atoms with van der Waals surface area (Å²) >= 11 is 0. The van der Waals surface area contributed by atoms with Gasteiger partial charge in [-0.15, -0.1) is 0 Å². The monoisotopic (exact) mass is 785 g/mol. The molecule has 2 saturated heterocycles. The number of rotatable bonds is 18. The van der Waals surface area contributed by atoms with Crippen molar-refractivity contribution in [2.45, 2.75) is 99.8 Å². The van der Waals surface area contributed by atoms with Crippen LogP contribution >= 0.6 is 0 Å². The van der Waals surface area contributed by atoms with Crippen molar-refractivity contribution in [2.24, 2.45) is 0 Å². The molecule has 0 radical (unpaired) electrons. The number of hydrogen-bond acceptors (Lipinski definition) is 15. The van der Waals surface area contributed by atoms with E-state index in [1.54, 1.807) is 0 Å². The Morgan fingerprint density at radius 3 is 1.75 bits per heavy atom. The van der Waals surface area contributed by atoms with Crippen molar-refractivity contribution in [3.63, 3.8) is 0 Å². The van der Waals surface area contributed by atoms with Crippen LogP contribution in [0.25, 0.3) is 0 Å². The van der Waals surface area contributed by atoms with Gasteiger partial charge in [0, 0.05) is 14.0 Å². The number of aliphatic hydroxyl groups excluding tert-OH is 5. The molecular formula is C40H51NO15. The van der Waals surface area contributed by atoms with Gasteiger partial charge in [-0.1, -0.05) is 91.0 Å². The van der Waals surface area contributed by atoms with Gasteiger partial charge >= 0.3 is 5.97 Å². The molecule has 0 aromatic heterocycles. The van der Waals surface area contributed by atoms with Crippen LogP contribution in [-0.4, -0.2) is 138 Å². The molecule has 2 fully saturated rings. The minimum absolute atomic E-state index is 0.0747. The second kappa shape index (κ2) is 20.5. The highest BCUT2D eigenvalue weighted by atomic mass is 16.8. The maximum Gasteiger partial charge on any atom is 0.369 e. The van der Waals surface area contributed by atoms with Crippen molar-refractivity contribution in [1.29, 1.82) is 0 Å². The smallest absolute Gasteiger partial charge is 0.369 e. The molecule has 0 aliphatic carbocycles. The van der Waals surface area contributed by atoms with E-state index in [-0.39, 0.29) is 19.8 Å². The van der Waals surface area contributed by atoms with Crippen LogP contribution in [0.4, 0.5) is 0 Å². The molecule has 16 heteroatoms. The van der Waals surface area contributed by atoms with Gasteiger partial charge < -0.3 is 68.7 Å². The van der Waals surface area contributed by atoms with E-state index in [2.05, 4.69) is 5.32 Å². The van der Waals surface area contributed by atoms with Crippen molar-refractivity contribution in [3.8, 4) is 0 Å². The van der Waals surface area contributed by atoms with Crippen LogP contribution in [0, 0.1) is 0 Å². The van der Waals surface area contributed by atoms with Crippen LogP contribution in [-0.2, 0) is 67.3 Å². The molecule has 6 N–H and O–H groups in total. The van der Waals surface area contributed by atoms with Crippen LogP contribution < -0.4 is 5.32 Å². The van der Waals surface area contributed by atoms with Gasteiger partial charge in [0.2, 0.25) is 5.91 Å². The average Bonchev–Trinajstić information content (AvgIpc) is 3.23. The van der Waals surface area contributed by atoms with Crippen LogP contribution in [0.1, 0.15) is 23.6 Å². The fraction of sp³-hybridized carbons (Fsp3) is 0.500. The van der Waals surface area contributed by atoms with Crippen LogP contribution in [0.5, 0.6) is 0 Å². The number of hydrogen-bond donors (Lipinski definition) is 6. The first kappa shape index (κ1) is 43.2. The van der Waals surface area contributed by atoms with Crippen LogP contribution in [0.3, 0.4) is 0 Å². The summed E-state index contributed by atoms with van der Waals surface area (Å²) in [5, 5.41) is 56.2. The number of esters is 1. The maximum atomic E-state index is 13.6. The average molecular weight is 786 g/mol. The molecule has 5 rings (SSSR count). The fourth-order valence-electron chi connectivity index (χ4n) is 6.74. The Hall–Kier alpha value is -3.88. The zero-order valence-electron chi connectivity index (χ0n) is 31.4. The summed E-state index contributed by atoms with van der Waals surface area (Å²) in [6.07, 6.45) is -15.0. The third kappa shape index (κ3) is 10.3. The van der Waals surface area contributed by atoms with Gasteiger partial charge in [-0.3, -0.25) is 4.79 Å². The predicted octanol–water partition coefficient (Wildman–Crippen LogP) is 0.339. The summed E-state index contributed by atoms with van der Waals surface area (Å²) in [4.78, 5) is 25.7. The molecule has 56 heavy (non-hydrogen) atoms. The number of carbonyl (C=O) groups excluding carboxylic acids is 2. The lowest BCUT2D eigenvalue weighted by molar-refractivity contribution is -0.367. The first-order valence-corrected chi connectivity index (χ1v) is 18.2. The van der Waals surface area contributed by atoms with E-state index in [1.165, 1.54) is 7.11 Å². The molecule has 0 spiro atoms. The molecule has 0 bridgehead atoms. The van der Waals surface area contributed by atoms with E-state index >= 15 is 0 Å². The van der Waals surface area contributed by atoms with Crippen molar-refractivity contribution in [1.82, 2.24) is 5.32 Å². The highest BCUT2D eigenvalue weighted by Gasteiger charge is 2.63. The van der Waals surface area contributed by atoms with E-state index in [4.69, 9.17) is 37.9 Å². The van der Waals surface area contributed by atoms with Crippen molar-refractivity contribution in [2.75, 3.05) is 27.4 Å². The Kier molecular flexibility index (Phi) is 15.8. The van der Waals surface area contributed by atoms with Crippen molar-refractivity contribution >= 4 is 11.9 Å². The molecule has 2 aliphatic heterocycles. The Bertz CT molecular complexity index is 1640. The Balaban J connectivity index is 1.51. The van der Waals surface area contributed by atoms with Crippen molar-refractivity contribution < 1.29 is 73.0 Å². The molecule has 0 unspecified atom stereocenters. The molecule has 306 valence electrons. The normalized spacial score (nSPS) is 30.2. The van der Waals surface area contributed by atoms with Crippen molar-refractivity contribution in [3.05, 3.63) is 108 Å². The third-order valence-corrected chi connectivity index (χ3v) is 9.64. The lowest BCUT2D eigenvalue weighted by Crippen LogP contribution is -2.74. The molecule has 2 heterocycles. The van der Waals surface area contributed by atoms with Gasteiger partial charge in [0.05, 0.1) is 46.2 Å². The topological polar surface area (TPSA) is 221 Å². The number of benzene rings is 3. The van der Waals surface area contributed by atoms with Gasteiger partial charge in [-0.05, 0) is 16.7 Å². The van der Waals surface area contributed by atoms with E-state index in [1.807, 2.05) is 91.0 Å². The van der Waals surface area contributed by atoms with Gasteiger partial charge in [0.25, 0.3) is 5.79 Å². The highest BCUT2D eigenvalue weighted by molar-refractivity contribution is 5.79. The number of aliphatic hydroxyl groups is 5. The summed E-state index contributed by atoms with van der Waals surface area (Å²) in [6, 6.07) is 26.6. The van der Waals surface area contributed by atoms with E-state index in [0.29, 0.717) is 0 Å². The predicted molar refractivity (Wildman–Crippen MR) is 195 cm³/mol. The van der Waals surface area contributed by atoms with E-state index < -0.39 is 98.1 Å². The van der Waals surface area contributed by atoms with E-state index in [0.717, 1.165) is 30.7 Å². The lowest BCUT2D eigenvalue weighted by Gasteiger charge is -2.50. The summed E-state index contributed by atoms with van der Waals surface area (Å²) in [5.41, 5.74) is 2.54. The third-order valence-electron chi connectivity index (χ3n) is 9.64. The molecule has 12 atom stereocenters. The second-order valence-electron chi connectivity index (χ2n) is 13.5. The molecule has 0 saturated carbocycles. The SMILES string of the molecule is COC(=O)[C@@]1(OC[C@H]2O[C@H](OC)[C@H](OCc3ccccc3)[C@@H](OCc3ccccc3)[C@@H]2OCc2ccccc2)O[C@@H]([C@H](O)[C@H](O)CO)[C@H](NC(C)=O)[C@@H](O)[C@@H]1O. The Morgan fingerprint density at radius 2 is 1.29 bits per heavy atom. The van der Waals surface area contributed by atoms with E-state index in [9.17, 15) is 35.1 Å². The van der Waals surface area contributed by atoms with Gasteiger partial charge in [-0.25, -0.2) is 4.79 Å². The number of amides is 1. The Morgan fingerprint density at radius 1 is 0.786 bits per heavy atom. The fourth-order valence-corrected chi connectivity index (χ4v) is 6.74. The number of carbonyl (C=O) groups is 2. The molecule has 3 aromatic carbocycles. The van der Waals surface area contributed by atoms with Gasteiger partial charge in [-0.2, -0.15) is 0 Å². The number of nitrogens with one attached hydrogen (secondary N) is 1. The minimum atomic E-state index is -2.87. The summed E-state index contributed by atoms with van der Waals surface area (Å²) in [6.45, 7) is -0.0848. The zero-order valence-corrected chi connectivity index (χ0v) is 31.4. The maximum absolute atomic E-state index is 13.6.